The molecule has 0 radical (unpaired) electrons. The van der Waals surface area contributed by atoms with Gasteiger partial charge in [0.05, 0.1) is 22.2 Å². The molecule has 0 N–H and O–H groups in total. The van der Waals surface area contributed by atoms with E-state index in [0.29, 0.717) is 43.2 Å². The Morgan fingerprint density at radius 1 is 1.16 bits per heavy atom. The number of aliphatic imine (C=N–C) groups is 1. The summed E-state index contributed by atoms with van der Waals surface area (Å²) in [6, 6.07) is 17.1. The minimum Gasteiger partial charge on any atom is -0.493 e. The number of thioether (sulfide) groups is 1. The van der Waals surface area contributed by atoms with Gasteiger partial charge in [0.25, 0.3) is 5.91 Å². The molecular formula is C28H25BrClFN2O3S. The maximum absolute atomic E-state index is 13.5. The van der Waals surface area contributed by atoms with E-state index in [2.05, 4.69) is 29.8 Å². The number of methoxy groups -OCH3 is 1. The minimum atomic E-state index is -0.321. The lowest BCUT2D eigenvalue weighted by Crippen LogP contribution is -2.32. The second kappa shape index (κ2) is 12.2. The van der Waals surface area contributed by atoms with E-state index in [1.807, 2.05) is 24.3 Å². The molecule has 37 heavy (non-hydrogen) atoms. The molecule has 1 aliphatic rings. The summed E-state index contributed by atoms with van der Waals surface area (Å²) in [7, 11) is 1.55. The first-order valence-corrected chi connectivity index (χ1v) is 13.5. The second-order valence-electron chi connectivity index (χ2n) is 8.74. The Morgan fingerprint density at radius 2 is 1.92 bits per heavy atom. The van der Waals surface area contributed by atoms with Crippen molar-refractivity contribution in [3.05, 3.63) is 92.0 Å². The highest BCUT2D eigenvalue weighted by Crippen LogP contribution is 2.40. The molecule has 9 heteroatoms. The van der Waals surface area contributed by atoms with Crippen LogP contribution in [0.5, 0.6) is 11.5 Å². The molecule has 5 nitrogen and oxygen atoms in total. The van der Waals surface area contributed by atoms with Crippen LogP contribution < -0.4 is 9.47 Å². The average molecular weight is 604 g/mol. The fourth-order valence-electron chi connectivity index (χ4n) is 3.64. The van der Waals surface area contributed by atoms with E-state index in [4.69, 9.17) is 26.1 Å². The summed E-state index contributed by atoms with van der Waals surface area (Å²) in [5.41, 5.74) is 2.18. The minimum absolute atomic E-state index is 0.104. The zero-order valence-corrected chi connectivity index (χ0v) is 23.7. The first-order valence-electron chi connectivity index (χ1n) is 11.5. The number of benzene rings is 3. The molecule has 1 saturated heterocycles. The van der Waals surface area contributed by atoms with Crippen LogP contribution in [0.15, 0.2) is 75.0 Å². The summed E-state index contributed by atoms with van der Waals surface area (Å²) in [5, 5.41) is 1.25. The predicted octanol–water partition coefficient (Wildman–Crippen LogP) is 8.09. The van der Waals surface area contributed by atoms with Gasteiger partial charge in [-0.1, -0.05) is 37.6 Å². The largest absolute Gasteiger partial charge is 0.493 e. The molecule has 0 bridgehead atoms. The molecule has 0 unspecified atom stereocenters. The van der Waals surface area contributed by atoms with Gasteiger partial charge in [0, 0.05) is 11.6 Å². The second-order valence-corrected chi connectivity index (χ2v) is 11.0. The summed E-state index contributed by atoms with van der Waals surface area (Å²) >= 11 is 10.9. The Balaban J connectivity index is 1.61. The van der Waals surface area contributed by atoms with Gasteiger partial charge < -0.3 is 9.47 Å². The Bertz CT molecular complexity index is 1360. The standard InChI is InChI=1S/C28H25BrClFN2O3S/c1-17(2)15-33-27(34)25(37-28(33)32-22-9-7-20(30)8-10-22)14-19-12-23(29)26(24(13-19)35-3)36-16-18-5-4-6-21(31)11-18/h4-14,17H,15-16H2,1-3H3/b25-14-,32-28?. The van der Waals surface area contributed by atoms with E-state index >= 15 is 0 Å². The lowest BCUT2D eigenvalue weighted by molar-refractivity contribution is -0.122. The van der Waals surface area contributed by atoms with Crippen LogP contribution in [0.1, 0.15) is 25.0 Å². The number of carbonyl (C=O) groups is 1. The summed E-state index contributed by atoms with van der Waals surface area (Å²) < 4.78 is 25.7. The number of rotatable bonds is 8. The Morgan fingerprint density at radius 3 is 2.59 bits per heavy atom. The van der Waals surface area contributed by atoms with Crippen molar-refractivity contribution in [3.8, 4) is 11.5 Å². The SMILES string of the molecule is COc1cc(/C=C2\SC(=Nc3ccc(Cl)cc3)N(CC(C)C)C2=O)cc(Br)c1OCc1cccc(F)c1. The Labute approximate surface area is 233 Å². The number of hydrogen-bond acceptors (Lipinski definition) is 5. The van der Waals surface area contributed by atoms with Gasteiger partial charge in [-0.2, -0.15) is 0 Å². The van der Waals surface area contributed by atoms with Crippen LogP contribution in [0.4, 0.5) is 10.1 Å². The van der Waals surface area contributed by atoms with Crippen LogP contribution in [0.25, 0.3) is 6.08 Å². The first-order chi connectivity index (χ1) is 17.7. The number of carbonyl (C=O) groups excluding carboxylic acids is 1. The molecule has 0 saturated carbocycles. The monoisotopic (exact) mass is 602 g/mol. The van der Waals surface area contributed by atoms with Gasteiger partial charge in [0.2, 0.25) is 0 Å². The first kappa shape index (κ1) is 27.2. The topological polar surface area (TPSA) is 51.1 Å². The predicted molar refractivity (Wildman–Crippen MR) is 152 cm³/mol. The molecule has 1 fully saturated rings. The summed E-state index contributed by atoms with van der Waals surface area (Å²) in [6.45, 7) is 4.85. The van der Waals surface area contributed by atoms with E-state index in [-0.39, 0.29) is 24.2 Å². The zero-order valence-electron chi connectivity index (χ0n) is 20.5. The van der Waals surface area contributed by atoms with Crippen LogP contribution in [-0.4, -0.2) is 29.6 Å². The smallest absolute Gasteiger partial charge is 0.266 e. The average Bonchev–Trinajstić information content (AvgIpc) is 3.13. The summed E-state index contributed by atoms with van der Waals surface area (Å²) in [5.74, 6) is 0.822. The number of hydrogen-bond donors (Lipinski definition) is 0. The normalized spacial score (nSPS) is 15.8. The van der Waals surface area contributed by atoms with Gasteiger partial charge in [-0.15, -0.1) is 0 Å². The third kappa shape index (κ3) is 6.94. The van der Waals surface area contributed by atoms with Gasteiger partial charge in [-0.25, -0.2) is 9.38 Å². The molecule has 192 valence electrons. The molecule has 1 heterocycles. The highest BCUT2D eigenvalue weighted by Gasteiger charge is 2.33. The van der Waals surface area contributed by atoms with Gasteiger partial charge in [0.1, 0.15) is 12.4 Å². The molecule has 0 spiro atoms. The number of nitrogens with zero attached hydrogens (tertiary/aromatic N) is 2. The maximum Gasteiger partial charge on any atom is 0.266 e. The van der Waals surface area contributed by atoms with Crippen molar-refractivity contribution >= 4 is 62.1 Å². The number of ether oxygens (including phenoxy) is 2. The summed E-state index contributed by atoms with van der Waals surface area (Å²) in [4.78, 5) is 20.3. The molecule has 3 aromatic carbocycles. The zero-order chi connectivity index (χ0) is 26.5. The number of amidine groups is 1. The molecular weight excluding hydrogens is 579 g/mol. The third-order valence-corrected chi connectivity index (χ3v) is 7.16. The molecule has 1 aliphatic heterocycles. The highest BCUT2D eigenvalue weighted by molar-refractivity contribution is 9.10. The summed E-state index contributed by atoms with van der Waals surface area (Å²) in [6.07, 6.45) is 1.81. The van der Waals surface area contributed by atoms with Crippen molar-refractivity contribution in [2.75, 3.05) is 13.7 Å². The van der Waals surface area contributed by atoms with Gasteiger partial charge in [-0.05, 0) is 99.3 Å². The van der Waals surface area contributed by atoms with Crippen molar-refractivity contribution in [3.63, 3.8) is 0 Å². The molecule has 0 aliphatic carbocycles. The van der Waals surface area contributed by atoms with Crippen LogP contribution in [0.2, 0.25) is 5.02 Å². The van der Waals surface area contributed by atoms with E-state index < -0.39 is 0 Å². The van der Waals surface area contributed by atoms with Crippen molar-refractivity contribution < 1.29 is 18.7 Å². The molecule has 0 aromatic heterocycles. The van der Waals surface area contributed by atoms with Gasteiger partial charge >= 0.3 is 0 Å². The quantitative estimate of drug-likeness (QED) is 0.244. The van der Waals surface area contributed by atoms with Crippen LogP contribution in [0.3, 0.4) is 0 Å². The lowest BCUT2D eigenvalue weighted by Gasteiger charge is -2.17. The van der Waals surface area contributed by atoms with Crippen LogP contribution >= 0.6 is 39.3 Å². The fourth-order valence-corrected chi connectivity index (χ4v) is 5.35. The van der Waals surface area contributed by atoms with Crippen LogP contribution in [-0.2, 0) is 11.4 Å². The van der Waals surface area contributed by atoms with E-state index in [1.165, 1.54) is 23.9 Å². The van der Waals surface area contributed by atoms with Crippen molar-refractivity contribution in [2.45, 2.75) is 20.5 Å². The van der Waals surface area contributed by atoms with Gasteiger partial charge in [0.15, 0.2) is 16.7 Å². The molecule has 4 rings (SSSR count). The van der Waals surface area contributed by atoms with Crippen LogP contribution in [0, 0.1) is 11.7 Å². The Kier molecular flexibility index (Phi) is 8.95. The number of halogens is 3. The van der Waals surface area contributed by atoms with E-state index in [1.54, 1.807) is 42.3 Å². The van der Waals surface area contributed by atoms with Crippen molar-refractivity contribution in [2.24, 2.45) is 10.9 Å². The lowest BCUT2D eigenvalue weighted by atomic mass is 10.1. The van der Waals surface area contributed by atoms with Crippen molar-refractivity contribution in [1.29, 1.82) is 0 Å². The fraction of sp³-hybridized carbons (Fsp3) is 0.214. The molecule has 0 atom stereocenters. The number of amides is 1. The van der Waals surface area contributed by atoms with E-state index in [0.717, 1.165) is 11.3 Å². The Hall–Kier alpha value is -2.81. The third-order valence-electron chi connectivity index (χ3n) is 5.31. The maximum atomic E-state index is 13.5. The van der Waals surface area contributed by atoms with Gasteiger partial charge in [-0.3, -0.25) is 9.69 Å². The van der Waals surface area contributed by atoms with Crippen molar-refractivity contribution in [1.82, 2.24) is 4.90 Å². The highest BCUT2D eigenvalue weighted by atomic mass is 79.9. The molecule has 1 amide bonds. The molecule has 3 aromatic rings. The van der Waals surface area contributed by atoms with E-state index in [9.17, 15) is 9.18 Å².